The highest BCUT2D eigenvalue weighted by atomic mass is 19.1. The molecular weight excluding hydrogens is 301 g/mol. The lowest BCUT2D eigenvalue weighted by Crippen LogP contribution is -2.35. The fourth-order valence-electron chi connectivity index (χ4n) is 1.86. The van der Waals surface area contributed by atoms with Crippen LogP contribution in [0.25, 0.3) is 0 Å². The van der Waals surface area contributed by atoms with Gasteiger partial charge in [0.15, 0.2) is 6.10 Å². The van der Waals surface area contributed by atoms with Crippen molar-refractivity contribution >= 4 is 11.9 Å². The number of aromatic hydroxyl groups is 1. The molecule has 0 spiro atoms. The predicted molar refractivity (Wildman–Crippen MR) is 81.2 cm³/mol. The zero-order chi connectivity index (χ0) is 16.8. The summed E-state index contributed by atoms with van der Waals surface area (Å²) in [4.78, 5) is 23.8. The van der Waals surface area contributed by atoms with Crippen LogP contribution in [-0.4, -0.2) is 23.1 Å². The minimum Gasteiger partial charge on any atom is -0.507 e. The fourth-order valence-corrected chi connectivity index (χ4v) is 1.86. The molecule has 1 amide bonds. The molecule has 0 fully saturated rings. The van der Waals surface area contributed by atoms with E-state index < -0.39 is 18.0 Å². The van der Waals surface area contributed by atoms with Crippen molar-refractivity contribution in [1.82, 2.24) is 5.32 Å². The number of hydrogen-bond donors (Lipinski definition) is 2. The molecule has 0 aromatic heterocycles. The van der Waals surface area contributed by atoms with Gasteiger partial charge < -0.3 is 15.2 Å². The van der Waals surface area contributed by atoms with Gasteiger partial charge in [-0.3, -0.25) is 4.79 Å². The number of ether oxygens (including phenoxy) is 1. The Labute approximate surface area is 132 Å². The highest BCUT2D eigenvalue weighted by molar-refractivity contribution is 5.94. The second kappa shape index (κ2) is 7.40. The van der Waals surface area contributed by atoms with Crippen LogP contribution >= 0.6 is 0 Å². The van der Waals surface area contributed by atoms with Crippen molar-refractivity contribution in [1.29, 1.82) is 0 Å². The Morgan fingerprint density at radius 1 is 1.17 bits per heavy atom. The number of benzene rings is 2. The molecule has 5 nitrogen and oxygen atoms in total. The Balaban J connectivity index is 1.88. The molecule has 0 aliphatic rings. The number of phenolic OH excluding ortho intramolecular Hbond substituents is 1. The molecule has 1 atom stereocenters. The van der Waals surface area contributed by atoms with Crippen LogP contribution in [0, 0.1) is 5.82 Å². The van der Waals surface area contributed by atoms with Crippen LogP contribution in [0.15, 0.2) is 48.5 Å². The zero-order valence-electron chi connectivity index (χ0n) is 12.5. The van der Waals surface area contributed by atoms with Gasteiger partial charge >= 0.3 is 5.97 Å². The molecule has 0 aliphatic heterocycles. The van der Waals surface area contributed by atoms with E-state index >= 15 is 0 Å². The molecule has 0 aliphatic carbocycles. The van der Waals surface area contributed by atoms with Gasteiger partial charge in [0.05, 0.1) is 0 Å². The summed E-state index contributed by atoms with van der Waals surface area (Å²) in [7, 11) is 0. The first-order valence-electron chi connectivity index (χ1n) is 6.98. The molecule has 6 heteroatoms. The fraction of sp³-hybridized carbons (Fsp3) is 0.176. The third kappa shape index (κ3) is 4.54. The highest BCUT2D eigenvalue weighted by Crippen LogP contribution is 2.17. The summed E-state index contributed by atoms with van der Waals surface area (Å²) in [6.45, 7) is 1.62. The van der Waals surface area contributed by atoms with E-state index in [4.69, 9.17) is 4.74 Å². The van der Waals surface area contributed by atoms with Crippen molar-refractivity contribution in [2.45, 2.75) is 19.6 Å². The van der Waals surface area contributed by atoms with Crippen molar-refractivity contribution in [3.8, 4) is 5.75 Å². The van der Waals surface area contributed by atoms with Gasteiger partial charge in [0.25, 0.3) is 5.91 Å². The lowest BCUT2D eigenvalue weighted by molar-refractivity contribution is -0.129. The van der Waals surface area contributed by atoms with E-state index in [1.54, 1.807) is 24.3 Å². The topological polar surface area (TPSA) is 75.6 Å². The number of rotatable bonds is 5. The average molecular weight is 317 g/mol. The maximum absolute atomic E-state index is 12.8. The molecular formula is C17H16FNO4. The molecule has 2 rings (SSSR count). The van der Waals surface area contributed by atoms with Crippen LogP contribution in [0.2, 0.25) is 0 Å². The molecule has 2 aromatic carbocycles. The van der Waals surface area contributed by atoms with Crippen molar-refractivity contribution < 1.29 is 23.8 Å². The summed E-state index contributed by atoms with van der Waals surface area (Å²) in [6, 6.07) is 11.6. The SMILES string of the molecule is C[C@H](OC(=O)c1ccccc1O)C(=O)NCc1ccc(F)cc1. The molecule has 0 heterocycles. The number of hydrogen-bond acceptors (Lipinski definition) is 4. The molecule has 2 aromatic rings. The lowest BCUT2D eigenvalue weighted by Gasteiger charge is -2.14. The van der Waals surface area contributed by atoms with Crippen molar-refractivity contribution in [3.05, 3.63) is 65.5 Å². The number of phenols is 1. The van der Waals surface area contributed by atoms with Crippen LogP contribution in [0.1, 0.15) is 22.8 Å². The van der Waals surface area contributed by atoms with E-state index in [0.29, 0.717) is 0 Å². The molecule has 23 heavy (non-hydrogen) atoms. The van der Waals surface area contributed by atoms with Gasteiger partial charge in [-0.15, -0.1) is 0 Å². The monoisotopic (exact) mass is 317 g/mol. The van der Waals surface area contributed by atoms with E-state index in [2.05, 4.69) is 5.32 Å². The van der Waals surface area contributed by atoms with Crippen LogP contribution in [0.5, 0.6) is 5.75 Å². The van der Waals surface area contributed by atoms with Crippen molar-refractivity contribution in [2.24, 2.45) is 0 Å². The van der Waals surface area contributed by atoms with Gasteiger partial charge in [0.1, 0.15) is 17.1 Å². The summed E-state index contributed by atoms with van der Waals surface area (Å²) in [5, 5.41) is 12.2. The Morgan fingerprint density at radius 3 is 2.48 bits per heavy atom. The van der Waals surface area contributed by atoms with Gasteiger partial charge in [0, 0.05) is 6.54 Å². The van der Waals surface area contributed by atoms with Gasteiger partial charge in [-0.2, -0.15) is 0 Å². The number of para-hydroxylation sites is 1. The number of amides is 1. The second-order valence-electron chi connectivity index (χ2n) is 4.91. The predicted octanol–water partition coefficient (Wildman–Crippen LogP) is 2.39. The maximum Gasteiger partial charge on any atom is 0.342 e. The van der Waals surface area contributed by atoms with Crippen LogP contribution in [0.4, 0.5) is 4.39 Å². The van der Waals surface area contributed by atoms with E-state index in [-0.39, 0.29) is 23.7 Å². The first-order valence-corrected chi connectivity index (χ1v) is 6.98. The van der Waals surface area contributed by atoms with E-state index in [1.807, 2.05) is 0 Å². The van der Waals surface area contributed by atoms with Crippen LogP contribution < -0.4 is 5.32 Å². The summed E-state index contributed by atoms with van der Waals surface area (Å²) in [5.41, 5.74) is 0.713. The van der Waals surface area contributed by atoms with Gasteiger partial charge in [0.2, 0.25) is 0 Å². The smallest absolute Gasteiger partial charge is 0.342 e. The van der Waals surface area contributed by atoms with Crippen molar-refractivity contribution in [2.75, 3.05) is 0 Å². The first kappa shape index (κ1) is 16.5. The van der Waals surface area contributed by atoms with Gasteiger partial charge in [-0.1, -0.05) is 24.3 Å². The standard InChI is InChI=1S/C17H16FNO4/c1-11(23-17(22)14-4-2-3-5-15(14)20)16(21)19-10-12-6-8-13(18)9-7-12/h2-9,11,20H,10H2,1H3,(H,19,21)/t11-/m0/s1. The Bertz CT molecular complexity index is 700. The second-order valence-corrected chi connectivity index (χ2v) is 4.91. The van der Waals surface area contributed by atoms with Crippen molar-refractivity contribution in [3.63, 3.8) is 0 Å². The number of halogens is 1. The minimum atomic E-state index is -1.03. The molecule has 0 unspecified atom stereocenters. The van der Waals surface area contributed by atoms with Crippen LogP contribution in [-0.2, 0) is 16.1 Å². The summed E-state index contributed by atoms with van der Waals surface area (Å²) < 4.78 is 17.8. The Morgan fingerprint density at radius 2 is 1.83 bits per heavy atom. The highest BCUT2D eigenvalue weighted by Gasteiger charge is 2.20. The summed E-state index contributed by atoms with van der Waals surface area (Å²) in [6.07, 6.45) is -1.03. The minimum absolute atomic E-state index is 0.00863. The quantitative estimate of drug-likeness (QED) is 0.830. The molecule has 0 saturated carbocycles. The molecule has 2 N–H and O–H groups in total. The summed E-state index contributed by atoms with van der Waals surface area (Å²) in [5.74, 6) is -1.84. The molecule has 120 valence electrons. The molecule has 0 bridgehead atoms. The average Bonchev–Trinajstić information content (AvgIpc) is 2.54. The number of esters is 1. The largest absolute Gasteiger partial charge is 0.507 e. The van der Waals surface area contributed by atoms with Crippen LogP contribution in [0.3, 0.4) is 0 Å². The third-order valence-corrected chi connectivity index (χ3v) is 3.16. The van der Waals surface area contributed by atoms with E-state index in [9.17, 15) is 19.1 Å². The van der Waals surface area contributed by atoms with Gasteiger partial charge in [-0.05, 0) is 36.8 Å². The zero-order valence-corrected chi connectivity index (χ0v) is 12.5. The first-order chi connectivity index (χ1) is 11.0. The third-order valence-electron chi connectivity index (χ3n) is 3.16. The summed E-state index contributed by atoms with van der Waals surface area (Å²) >= 11 is 0. The molecule has 0 saturated heterocycles. The normalized spacial score (nSPS) is 11.6. The Hall–Kier alpha value is -2.89. The van der Waals surface area contributed by atoms with E-state index in [0.717, 1.165) is 5.56 Å². The molecule has 0 radical (unpaired) electrons. The number of nitrogens with one attached hydrogen (secondary N) is 1. The number of carbonyl (C=O) groups is 2. The van der Waals surface area contributed by atoms with Gasteiger partial charge in [-0.25, -0.2) is 9.18 Å². The Kier molecular flexibility index (Phi) is 5.30. The lowest BCUT2D eigenvalue weighted by atomic mass is 10.2. The van der Waals surface area contributed by atoms with E-state index in [1.165, 1.54) is 31.2 Å². The maximum atomic E-state index is 12.8. The number of carbonyl (C=O) groups excluding carboxylic acids is 2.